The number of pyridine rings is 1. The lowest BCUT2D eigenvalue weighted by Gasteiger charge is -2.58. The number of primary amides is 1. The Bertz CT molecular complexity index is 1360. The maximum Gasteiger partial charge on any atom is 0.248 e. The van der Waals surface area contributed by atoms with Crippen LogP contribution < -0.4 is 15.4 Å². The second-order valence-corrected chi connectivity index (χ2v) is 13.0. The first-order chi connectivity index (χ1) is 20.3. The minimum atomic E-state index is -0.369. The molecule has 1 spiro atoms. The number of methoxy groups -OCH3 is 1. The lowest BCUT2D eigenvalue weighted by atomic mass is 9.59. The predicted octanol–water partition coefficient (Wildman–Crippen LogP) is 5.62. The summed E-state index contributed by atoms with van der Waals surface area (Å²) in [4.78, 5) is 24.0. The second-order valence-electron chi connectivity index (χ2n) is 13.0. The number of nitrogens with two attached hydrogens (primary N) is 1. The van der Waals surface area contributed by atoms with Crippen LogP contribution in [0, 0.1) is 5.41 Å². The number of piperidine rings is 1. The summed E-state index contributed by atoms with van der Waals surface area (Å²) in [6.07, 6.45) is 9.12. The number of rotatable bonds is 8. The van der Waals surface area contributed by atoms with Gasteiger partial charge in [-0.3, -0.25) is 19.6 Å². The van der Waals surface area contributed by atoms with Crippen molar-refractivity contribution in [2.24, 2.45) is 11.1 Å². The van der Waals surface area contributed by atoms with Crippen molar-refractivity contribution in [1.29, 1.82) is 0 Å². The summed E-state index contributed by atoms with van der Waals surface area (Å²) in [5.41, 5.74) is 11.8. The molecule has 42 heavy (non-hydrogen) atoms. The van der Waals surface area contributed by atoms with E-state index in [-0.39, 0.29) is 5.91 Å². The number of benzene rings is 2. The van der Waals surface area contributed by atoms with Crippen LogP contribution in [0.3, 0.4) is 0 Å². The Labute approximate surface area is 250 Å². The summed E-state index contributed by atoms with van der Waals surface area (Å²) < 4.78 is 5.37. The average Bonchev–Trinajstić information content (AvgIpc) is 3.00. The zero-order chi connectivity index (χ0) is 29.3. The van der Waals surface area contributed by atoms with Crippen molar-refractivity contribution in [1.82, 2.24) is 14.8 Å². The van der Waals surface area contributed by atoms with Gasteiger partial charge in [0.1, 0.15) is 5.75 Å². The van der Waals surface area contributed by atoms with Gasteiger partial charge >= 0.3 is 0 Å². The third-order valence-corrected chi connectivity index (χ3v) is 10.1. The van der Waals surface area contributed by atoms with Gasteiger partial charge in [-0.2, -0.15) is 0 Å². The van der Waals surface area contributed by atoms with Crippen LogP contribution in [0.15, 0.2) is 67.0 Å². The molecule has 1 saturated carbocycles. The number of amides is 1. The number of hydrogen-bond donors (Lipinski definition) is 1. The van der Waals surface area contributed by atoms with E-state index in [1.807, 2.05) is 30.5 Å². The molecule has 0 radical (unpaired) electrons. The maximum absolute atomic E-state index is 11.5. The first-order valence-corrected chi connectivity index (χ1v) is 15.5. The van der Waals surface area contributed by atoms with E-state index in [2.05, 4.69) is 70.1 Å². The quantitative estimate of drug-likeness (QED) is 0.381. The SMILES string of the molecule is COc1ccc(CN2CCN(C3CC4(CCN(c5ccc(C(N)=O)cc5)CC4)C3)C(c3cnccc3C(C)C)C2)cc1. The Balaban J connectivity index is 1.13. The molecule has 7 heteroatoms. The van der Waals surface area contributed by atoms with Gasteiger partial charge in [-0.15, -0.1) is 0 Å². The number of ether oxygens (including phenoxy) is 1. The molecule has 0 bridgehead atoms. The minimum Gasteiger partial charge on any atom is -0.497 e. The van der Waals surface area contributed by atoms with E-state index in [9.17, 15) is 4.79 Å². The zero-order valence-electron chi connectivity index (χ0n) is 25.3. The first kappa shape index (κ1) is 28.7. The van der Waals surface area contributed by atoms with Crippen LogP contribution in [-0.4, -0.2) is 66.6 Å². The first-order valence-electron chi connectivity index (χ1n) is 15.5. The van der Waals surface area contributed by atoms with E-state index in [4.69, 9.17) is 10.5 Å². The Kier molecular flexibility index (Phi) is 8.24. The summed E-state index contributed by atoms with van der Waals surface area (Å²) >= 11 is 0. The Morgan fingerprint density at radius 1 is 1.00 bits per heavy atom. The zero-order valence-corrected chi connectivity index (χ0v) is 25.3. The van der Waals surface area contributed by atoms with Gasteiger partial charge in [0, 0.05) is 75.0 Å². The molecule has 1 amide bonds. The standard InChI is InChI=1S/C35H45N5O2/c1-25(2)31-12-15-37-22-32(31)33-24-38(23-26-4-10-30(42-3)11-5-26)18-19-40(33)29-20-35(21-29)13-16-39(17-14-35)28-8-6-27(7-9-28)34(36)41/h4-12,15,22,25,29,33H,13-14,16-21,23-24H2,1-3H3,(H2,36,41). The van der Waals surface area contributed by atoms with Crippen LogP contribution in [0.5, 0.6) is 5.75 Å². The number of aromatic nitrogens is 1. The van der Waals surface area contributed by atoms with Crippen molar-refractivity contribution in [3.05, 3.63) is 89.2 Å². The van der Waals surface area contributed by atoms with Crippen molar-refractivity contribution >= 4 is 11.6 Å². The summed E-state index contributed by atoms with van der Waals surface area (Å²) in [6.45, 7) is 10.9. The van der Waals surface area contributed by atoms with Gasteiger partial charge in [0.15, 0.2) is 0 Å². The number of piperazine rings is 1. The van der Waals surface area contributed by atoms with E-state index in [1.54, 1.807) is 7.11 Å². The van der Waals surface area contributed by atoms with Gasteiger partial charge < -0.3 is 15.4 Å². The van der Waals surface area contributed by atoms with Crippen LogP contribution in [0.25, 0.3) is 0 Å². The van der Waals surface area contributed by atoms with Gasteiger partial charge in [0.05, 0.1) is 7.11 Å². The molecule has 2 aliphatic heterocycles. The summed E-state index contributed by atoms with van der Waals surface area (Å²) in [5, 5.41) is 0. The normalized spacial score (nSPS) is 21.4. The van der Waals surface area contributed by atoms with Gasteiger partial charge in [-0.05, 0) is 96.2 Å². The number of hydrogen-bond acceptors (Lipinski definition) is 6. The van der Waals surface area contributed by atoms with E-state index in [0.717, 1.165) is 45.0 Å². The third kappa shape index (κ3) is 5.90. The number of anilines is 1. The lowest BCUT2D eigenvalue weighted by molar-refractivity contribution is -0.0628. The summed E-state index contributed by atoms with van der Waals surface area (Å²) in [7, 11) is 1.72. The number of carbonyl (C=O) groups is 1. The second kappa shape index (κ2) is 12.1. The van der Waals surface area contributed by atoms with Gasteiger partial charge in [0.25, 0.3) is 0 Å². The highest BCUT2D eigenvalue weighted by atomic mass is 16.5. The molecule has 2 N–H and O–H groups in total. The molecule has 1 unspecified atom stereocenters. The Morgan fingerprint density at radius 3 is 2.36 bits per heavy atom. The molecule has 2 saturated heterocycles. The van der Waals surface area contributed by atoms with Gasteiger partial charge in [-0.25, -0.2) is 0 Å². The van der Waals surface area contributed by atoms with Crippen LogP contribution in [0.1, 0.15) is 78.5 Å². The van der Waals surface area contributed by atoms with E-state index < -0.39 is 0 Å². The van der Waals surface area contributed by atoms with Crippen LogP contribution in [0.4, 0.5) is 5.69 Å². The lowest BCUT2D eigenvalue weighted by Crippen LogP contribution is -2.60. The van der Waals surface area contributed by atoms with E-state index in [1.165, 1.54) is 48.1 Å². The molecule has 1 aliphatic carbocycles. The molecule has 1 aromatic heterocycles. The molecule has 6 rings (SSSR count). The third-order valence-electron chi connectivity index (χ3n) is 10.1. The smallest absolute Gasteiger partial charge is 0.248 e. The van der Waals surface area contributed by atoms with E-state index >= 15 is 0 Å². The largest absolute Gasteiger partial charge is 0.497 e. The molecule has 3 heterocycles. The van der Waals surface area contributed by atoms with Crippen molar-refractivity contribution in [2.75, 3.05) is 44.7 Å². The average molecular weight is 568 g/mol. The van der Waals surface area contributed by atoms with Crippen molar-refractivity contribution in [3.63, 3.8) is 0 Å². The van der Waals surface area contributed by atoms with Gasteiger partial charge in [0.2, 0.25) is 5.91 Å². The van der Waals surface area contributed by atoms with Gasteiger partial charge in [-0.1, -0.05) is 26.0 Å². The molecule has 3 aliphatic rings. The Hall–Kier alpha value is -3.42. The fourth-order valence-electron chi connectivity index (χ4n) is 7.58. The highest BCUT2D eigenvalue weighted by molar-refractivity contribution is 5.93. The minimum absolute atomic E-state index is 0.356. The molecule has 2 aromatic carbocycles. The molecular weight excluding hydrogens is 522 g/mol. The fraction of sp³-hybridized carbons (Fsp3) is 0.486. The number of carbonyl (C=O) groups excluding carboxylic acids is 1. The number of nitrogens with zero attached hydrogens (tertiary/aromatic N) is 4. The van der Waals surface area contributed by atoms with Crippen molar-refractivity contribution in [3.8, 4) is 5.75 Å². The molecule has 7 nitrogen and oxygen atoms in total. The van der Waals surface area contributed by atoms with Crippen molar-refractivity contribution in [2.45, 2.75) is 64.1 Å². The van der Waals surface area contributed by atoms with E-state index in [0.29, 0.717) is 29.0 Å². The van der Waals surface area contributed by atoms with Crippen LogP contribution >= 0.6 is 0 Å². The molecule has 1 atom stereocenters. The monoisotopic (exact) mass is 567 g/mol. The highest BCUT2D eigenvalue weighted by Crippen LogP contribution is 2.53. The molecule has 222 valence electrons. The summed E-state index contributed by atoms with van der Waals surface area (Å²) in [6, 6.07) is 19.5. The predicted molar refractivity (Wildman–Crippen MR) is 168 cm³/mol. The molecule has 3 aromatic rings. The maximum atomic E-state index is 11.5. The fourth-order valence-corrected chi connectivity index (χ4v) is 7.58. The molecule has 3 fully saturated rings. The molecular formula is C35H45N5O2. The van der Waals surface area contributed by atoms with Crippen molar-refractivity contribution < 1.29 is 9.53 Å². The highest BCUT2D eigenvalue weighted by Gasteiger charge is 2.50. The summed E-state index contributed by atoms with van der Waals surface area (Å²) in [5.74, 6) is 1.01. The van der Waals surface area contributed by atoms with Crippen LogP contribution in [0.2, 0.25) is 0 Å². The topological polar surface area (TPSA) is 74.9 Å². The Morgan fingerprint density at radius 2 is 1.71 bits per heavy atom. The van der Waals surface area contributed by atoms with Crippen LogP contribution in [-0.2, 0) is 6.54 Å².